The number of amides is 1. The fraction of sp³-hybridized carbons (Fsp3) is 0.158. The minimum Gasteiger partial charge on any atom is -0.494 e. The third-order valence-electron chi connectivity index (χ3n) is 3.60. The number of nitrogens with two attached hydrogens (primary N) is 1. The number of rotatable bonds is 5. The Kier molecular flexibility index (Phi) is 4.70. The van der Waals surface area contributed by atoms with Crippen LogP contribution in [0.1, 0.15) is 17.3 Å². The lowest BCUT2D eigenvalue weighted by Crippen LogP contribution is -2.21. The minimum absolute atomic E-state index is 0.133. The number of carbonyl (C=O) groups excluding carboxylic acids is 1. The molecule has 3 aromatic rings. The number of nitrogens with zero attached hydrogens (tertiary/aromatic N) is 1. The molecule has 0 unspecified atom stereocenters. The predicted octanol–water partition coefficient (Wildman–Crippen LogP) is 3.17. The van der Waals surface area contributed by atoms with Crippen LogP contribution in [0.5, 0.6) is 11.5 Å². The summed E-state index contributed by atoms with van der Waals surface area (Å²) in [5.41, 5.74) is 6.93. The third kappa shape index (κ3) is 3.47. The van der Waals surface area contributed by atoms with Crippen LogP contribution in [0.2, 0.25) is 0 Å². The molecule has 0 aliphatic heterocycles. The van der Waals surface area contributed by atoms with Crippen LogP contribution in [0, 0.1) is 0 Å². The van der Waals surface area contributed by atoms with Gasteiger partial charge >= 0.3 is 0 Å². The van der Waals surface area contributed by atoms with E-state index in [0.717, 1.165) is 5.75 Å². The van der Waals surface area contributed by atoms with E-state index in [0.29, 0.717) is 29.0 Å². The molecule has 0 saturated carbocycles. The first-order valence-corrected chi connectivity index (χ1v) is 7.80. The lowest BCUT2D eigenvalue weighted by molar-refractivity contribution is 0.0996. The lowest BCUT2D eigenvalue weighted by Gasteiger charge is -2.06. The van der Waals surface area contributed by atoms with Gasteiger partial charge in [0.15, 0.2) is 11.3 Å². The maximum Gasteiger partial charge on any atom is 0.254 e. The van der Waals surface area contributed by atoms with E-state index in [1.54, 1.807) is 43.5 Å². The van der Waals surface area contributed by atoms with Gasteiger partial charge in [-0.25, -0.2) is 4.99 Å². The van der Waals surface area contributed by atoms with Gasteiger partial charge in [-0.2, -0.15) is 0 Å². The largest absolute Gasteiger partial charge is 0.494 e. The first-order chi connectivity index (χ1) is 12.1. The fourth-order valence-corrected chi connectivity index (χ4v) is 2.45. The molecule has 0 saturated heterocycles. The zero-order valence-electron chi connectivity index (χ0n) is 14.0. The van der Waals surface area contributed by atoms with Gasteiger partial charge in [-0.15, -0.1) is 0 Å². The van der Waals surface area contributed by atoms with Gasteiger partial charge in [0.05, 0.1) is 19.4 Å². The topological polar surface area (TPSA) is 87.1 Å². The molecule has 3 rings (SSSR count). The number of hydrogen-bond donors (Lipinski definition) is 1. The molecular formula is C19H18N2O4. The highest BCUT2D eigenvalue weighted by molar-refractivity contribution is 5.96. The number of ether oxygens (including phenoxy) is 2. The molecule has 1 aromatic heterocycles. The lowest BCUT2D eigenvalue weighted by atomic mass is 10.1. The van der Waals surface area contributed by atoms with Crippen molar-refractivity contribution in [2.45, 2.75) is 6.92 Å². The number of benzene rings is 2. The smallest absolute Gasteiger partial charge is 0.254 e. The number of fused-ring (bicyclic) bond motifs is 1. The molecule has 128 valence electrons. The van der Waals surface area contributed by atoms with E-state index < -0.39 is 5.91 Å². The quantitative estimate of drug-likeness (QED) is 0.774. The molecule has 0 bridgehead atoms. The van der Waals surface area contributed by atoms with Gasteiger partial charge in [0.2, 0.25) is 5.55 Å². The summed E-state index contributed by atoms with van der Waals surface area (Å²) in [6, 6.07) is 14.2. The Hall–Kier alpha value is -3.28. The molecule has 1 amide bonds. The van der Waals surface area contributed by atoms with Gasteiger partial charge in [0, 0.05) is 5.39 Å². The van der Waals surface area contributed by atoms with Gasteiger partial charge in [-0.1, -0.05) is 12.1 Å². The Labute approximate surface area is 144 Å². The molecule has 6 nitrogen and oxygen atoms in total. The van der Waals surface area contributed by atoms with Crippen molar-refractivity contribution < 1.29 is 18.7 Å². The molecule has 1 heterocycles. The molecule has 0 aliphatic rings. The normalized spacial score (nSPS) is 11.5. The minimum atomic E-state index is -0.613. The van der Waals surface area contributed by atoms with E-state index in [-0.39, 0.29) is 11.1 Å². The van der Waals surface area contributed by atoms with Crippen LogP contribution in [0.4, 0.5) is 5.69 Å². The summed E-state index contributed by atoms with van der Waals surface area (Å²) in [6.07, 6.45) is 0. The zero-order chi connectivity index (χ0) is 17.8. The molecule has 2 aromatic carbocycles. The van der Waals surface area contributed by atoms with Crippen LogP contribution in [0.25, 0.3) is 11.0 Å². The zero-order valence-corrected chi connectivity index (χ0v) is 14.0. The molecule has 0 atom stereocenters. The van der Waals surface area contributed by atoms with Gasteiger partial charge in [-0.05, 0) is 43.3 Å². The van der Waals surface area contributed by atoms with Crippen molar-refractivity contribution in [1.29, 1.82) is 0 Å². The summed E-state index contributed by atoms with van der Waals surface area (Å²) < 4.78 is 16.5. The summed E-state index contributed by atoms with van der Waals surface area (Å²) >= 11 is 0. The van der Waals surface area contributed by atoms with Crippen molar-refractivity contribution in [2.75, 3.05) is 13.7 Å². The molecule has 0 fully saturated rings. The highest BCUT2D eigenvalue weighted by atomic mass is 16.5. The number of carbonyl (C=O) groups is 1. The number of para-hydroxylation sites is 1. The molecule has 25 heavy (non-hydrogen) atoms. The number of hydrogen-bond acceptors (Lipinski definition) is 5. The Morgan fingerprint density at radius 1 is 1.20 bits per heavy atom. The molecule has 0 aliphatic carbocycles. The van der Waals surface area contributed by atoms with E-state index in [1.807, 2.05) is 19.1 Å². The molecule has 2 N–H and O–H groups in total. The Morgan fingerprint density at radius 2 is 1.96 bits per heavy atom. The monoisotopic (exact) mass is 338 g/mol. The van der Waals surface area contributed by atoms with E-state index >= 15 is 0 Å². The van der Waals surface area contributed by atoms with Crippen LogP contribution in [-0.2, 0) is 0 Å². The second kappa shape index (κ2) is 7.09. The Bertz CT molecular complexity index is 975. The average molecular weight is 338 g/mol. The van der Waals surface area contributed by atoms with Crippen LogP contribution < -0.4 is 20.8 Å². The Morgan fingerprint density at radius 3 is 2.60 bits per heavy atom. The van der Waals surface area contributed by atoms with Gasteiger partial charge in [-0.3, -0.25) is 4.79 Å². The maximum atomic E-state index is 11.8. The van der Waals surface area contributed by atoms with Gasteiger partial charge < -0.3 is 19.6 Å². The highest BCUT2D eigenvalue weighted by Gasteiger charge is 2.12. The van der Waals surface area contributed by atoms with Gasteiger partial charge in [0.1, 0.15) is 11.3 Å². The van der Waals surface area contributed by atoms with E-state index in [4.69, 9.17) is 19.6 Å². The molecule has 6 heteroatoms. The van der Waals surface area contributed by atoms with Crippen molar-refractivity contribution in [3.63, 3.8) is 0 Å². The van der Waals surface area contributed by atoms with Crippen LogP contribution in [-0.4, -0.2) is 19.6 Å². The Balaban J connectivity index is 2.18. The van der Waals surface area contributed by atoms with Gasteiger partial charge in [0.25, 0.3) is 5.91 Å². The fourth-order valence-electron chi connectivity index (χ4n) is 2.45. The van der Waals surface area contributed by atoms with Crippen LogP contribution >= 0.6 is 0 Å². The highest BCUT2D eigenvalue weighted by Crippen LogP contribution is 2.25. The van der Waals surface area contributed by atoms with E-state index in [1.165, 1.54) is 0 Å². The summed E-state index contributed by atoms with van der Waals surface area (Å²) in [4.78, 5) is 16.2. The summed E-state index contributed by atoms with van der Waals surface area (Å²) in [5, 5.41) is 0.707. The summed E-state index contributed by atoms with van der Waals surface area (Å²) in [7, 11) is 1.55. The molecule has 0 spiro atoms. The average Bonchev–Trinajstić information content (AvgIpc) is 2.62. The predicted molar refractivity (Wildman–Crippen MR) is 94.1 cm³/mol. The molecular weight excluding hydrogens is 320 g/mol. The van der Waals surface area contributed by atoms with Crippen molar-refractivity contribution in [3.05, 3.63) is 59.6 Å². The van der Waals surface area contributed by atoms with Crippen molar-refractivity contribution >= 4 is 22.6 Å². The van der Waals surface area contributed by atoms with E-state index in [2.05, 4.69) is 4.99 Å². The van der Waals surface area contributed by atoms with Crippen molar-refractivity contribution in [2.24, 2.45) is 10.7 Å². The SMILES string of the molecule is CCOc1ccc(N=c2oc3c(OC)cccc3cc2C(N)=O)cc1. The first kappa shape index (κ1) is 16.6. The standard InChI is InChI=1S/C19H18N2O4/c1-3-24-14-9-7-13(8-10-14)21-19-15(18(20)22)11-12-5-4-6-16(23-2)17(12)25-19/h4-11H,3H2,1-2H3,(H2,20,22). The van der Waals surface area contributed by atoms with Crippen molar-refractivity contribution in [1.82, 2.24) is 0 Å². The molecule has 0 radical (unpaired) electrons. The third-order valence-corrected chi connectivity index (χ3v) is 3.60. The number of methoxy groups -OCH3 is 1. The first-order valence-electron chi connectivity index (χ1n) is 7.80. The van der Waals surface area contributed by atoms with Crippen molar-refractivity contribution in [3.8, 4) is 11.5 Å². The van der Waals surface area contributed by atoms with Crippen LogP contribution in [0.15, 0.2) is 57.9 Å². The summed E-state index contributed by atoms with van der Waals surface area (Å²) in [6.45, 7) is 2.50. The second-order valence-corrected chi connectivity index (χ2v) is 5.25. The summed E-state index contributed by atoms with van der Waals surface area (Å²) in [5.74, 6) is 0.684. The number of primary amides is 1. The second-order valence-electron chi connectivity index (χ2n) is 5.25. The van der Waals surface area contributed by atoms with E-state index in [9.17, 15) is 4.79 Å². The van der Waals surface area contributed by atoms with Crippen LogP contribution in [0.3, 0.4) is 0 Å². The maximum absolute atomic E-state index is 11.8.